The number of hydrogen-bond acceptors (Lipinski definition) is 3. The third kappa shape index (κ3) is 3.44. The zero-order valence-corrected chi connectivity index (χ0v) is 12.9. The highest BCUT2D eigenvalue weighted by molar-refractivity contribution is 6.09. The number of para-hydroxylation sites is 1. The normalized spacial score (nSPS) is 9.95. The Hall–Kier alpha value is -2.82. The van der Waals surface area contributed by atoms with Crippen LogP contribution in [0.4, 0.5) is 11.4 Å². The molecule has 2 aromatic rings. The summed E-state index contributed by atoms with van der Waals surface area (Å²) in [6, 6.07) is 14.2. The number of hydrogen-bond donors (Lipinski definition) is 2. The van der Waals surface area contributed by atoms with Crippen molar-refractivity contribution in [3.05, 3.63) is 59.7 Å². The Morgan fingerprint density at radius 2 is 1.68 bits per heavy atom. The van der Waals surface area contributed by atoms with Crippen LogP contribution in [-0.4, -0.2) is 33.0 Å². The highest BCUT2D eigenvalue weighted by Gasteiger charge is 2.13. The predicted octanol–water partition coefficient (Wildman–Crippen LogP) is 2.36. The van der Waals surface area contributed by atoms with Gasteiger partial charge in [-0.05, 0) is 30.3 Å². The standard InChI is InChI=1S/C17H19N3O2/c1-18-17(22)14-9-4-5-10-15(14)19-16(21)12-7-6-8-13(11-12)20(2)3/h4-11H,1-3H3,(H,18,22)(H,19,21). The quantitative estimate of drug-likeness (QED) is 0.910. The van der Waals surface area contributed by atoms with Gasteiger partial charge in [-0.1, -0.05) is 18.2 Å². The molecule has 0 radical (unpaired) electrons. The minimum Gasteiger partial charge on any atom is -0.378 e. The van der Waals surface area contributed by atoms with Crippen LogP contribution in [-0.2, 0) is 0 Å². The Labute approximate surface area is 129 Å². The maximum atomic E-state index is 12.4. The number of carbonyl (C=O) groups is 2. The molecule has 2 N–H and O–H groups in total. The Morgan fingerprint density at radius 3 is 2.36 bits per heavy atom. The molecule has 2 rings (SSSR count). The summed E-state index contributed by atoms with van der Waals surface area (Å²) in [6.07, 6.45) is 0. The van der Waals surface area contributed by atoms with Crippen LogP contribution in [0.3, 0.4) is 0 Å². The van der Waals surface area contributed by atoms with Crippen LogP contribution in [0.2, 0.25) is 0 Å². The van der Waals surface area contributed by atoms with Gasteiger partial charge in [-0.2, -0.15) is 0 Å². The van der Waals surface area contributed by atoms with Crippen LogP contribution in [0.25, 0.3) is 0 Å². The van der Waals surface area contributed by atoms with Gasteiger partial charge in [0.2, 0.25) is 0 Å². The monoisotopic (exact) mass is 297 g/mol. The smallest absolute Gasteiger partial charge is 0.255 e. The summed E-state index contributed by atoms with van der Waals surface area (Å²) in [5, 5.41) is 5.35. The van der Waals surface area contributed by atoms with E-state index in [1.54, 1.807) is 43.4 Å². The maximum Gasteiger partial charge on any atom is 0.255 e. The van der Waals surface area contributed by atoms with Crippen LogP contribution in [0.5, 0.6) is 0 Å². The molecule has 0 unspecified atom stereocenters. The van der Waals surface area contributed by atoms with Crippen LogP contribution in [0, 0.1) is 0 Å². The molecule has 0 spiro atoms. The highest BCUT2D eigenvalue weighted by Crippen LogP contribution is 2.18. The molecule has 2 amide bonds. The first kappa shape index (κ1) is 15.6. The topological polar surface area (TPSA) is 61.4 Å². The van der Waals surface area contributed by atoms with Gasteiger partial charge in [0.15, 0.2) is 0 Å². The first-order chi connectivity index (χ1) is 10.5. The summed E-state index contributed by atoms with van der Waals surface area (Å²) < 4.78 is 0. The lowest BCUT2D eigenvalue weighted by molar-refractivity contribution is 0.0964. The second-order valence-electron chi connectivity index (χ2n) is 5.02. The number of nitrogens with zero attached hydrogens (tertiary/aromatic N) is 1. The third-order valence-corrected chi connectivity index (χ3v) is 3.27. The van der Waals surface area contributed by atoms with E-state index in [1.165, 1.54) is 0 Å². The fraction of sp³-hybridized carbons (Fsp3) is 0.176. The van der Waals surface area contributed by atoms with E-state index < -0.39 is 0 Å². The first-order valence-corrected chi connectivity index (χ1v) is 6.92. The molecule has 0 aliphatic heterocycles. The Kier molecular flexibility index (Phi) is 4.78. The molecule has 5 heteroatoms. The number of rotatable bonds is 4. The molecule has 2 aromatic carbocycles. The molecule has 114 valence electrons. The van der Waals surface area contributed by atoms with E-state index in [2.05, 4.69) is 10.6 Å². The lowest BCUT2D eigenvalue weighted by Gasteiger charge is -2.14. The number of amides is 2. The van der Waals surface area contributed by atoms with E-state index in [0.717, 1.165) is 5.69 Å². The molecule has 0 aliphatic carbocycles. The Morgan fingerprint density at radius 1 is 0.955 bits per heavy atom. The van der Waals surface area contributed by atoms with Gasteiger partial charge < -0.3 is 15.5 Å². The second-order valence-corrected chi connectivity index (χ2v) is 5.02. The predicted molar refractivity (Wildman–Crippen MR) is 88.6 cm³/mol. The van der Waals surface area contributed by atoms with Gasteiger partial charge in [-0.25, -0.2) is 0 Å². The zero-order chi connectivity index (χ0) is 16.1. The van der Waals surface area contributed by atoms with Gasteiger partial charge in [0.25, 0.3) is 11.8 Å². The first-order valence-electron chi connectivity index (χ1n) is 6.92. The van der Waals surface area contributed by atoms with Crippen molar-refractivity contribution in [2.45, 2.75) is 0 Å². The average Bonchev–Trinajstić information content (AvgIpc) is 2.54. The van der Waals surface area contributed by atoms with E-state index in [-0.39, 0.29) is 11.8 Å². The van der Waals surface area contributed by atoms with Crippen molar-refractivity contribution < 1.29 is 9.59 Å². The van der Waals surface area contributed by atoms with Crippen molar-refractivity contribution in [3.63, 3.8) is 0 Å². The molecule has 0 aromatic heterocycles. The summed E-state index contributed by atoms with van der Waals surface area (Å²) in [6.45, 7) is 0. The molecule has 0 bridgehead atoms. The molecule has 5 nitrogen and oxygen atoms in total. The number of benzene rings is 2. The fourth-order valence-electron chi connectivity index (χ4n) is 2.04. The van der Waals surface area contributed by atoms with Crippen molar-refractivity contribution in [2.24, 2.45) is 0 Å². The molecule has 0 aliphatic rings. The summed E-state index contributed by atoms with van der Waals surface area (Å²) in [5.41, 5.74) is 2.40. The largest absolute Gasteiger partial charge is 0.378 e. The fourth-order valence-corrected chi connectivity index (χ4v) is 2.04. The van der Waals surface area contributed by atoms with Gasteiger partial charge in [0.05, 0.1) is 11.3 Å². The molecule has 0 fully saturated rings. The van der Waals surface area contributed by atoms with E-state index >= 15 is 0 Å². The molecule has 0 heterocycles. The highest BCUT2D eigenvalue weighted by atomic mass is 16.2. The lowest BCUT2D eigenvalue weighted by atomic mass is 10.1. The zero-order valence-electron chi connectivity index (χ0n) is 12.9. The minimum atomic E-state index is -0.250. The van der Waals surface area contributed by atoms with Crippen LogP contribution >= 0.6 is 0 Å². The van der Waals surface area contributed by atoms with Crippen molar-refractivity contribution in [1.29, 1.82) is 0 Å². The molecular formula is C17H19N3O2. The van der Waals surface area contributed by atoms with Crippen LogP contribution < -0.4 is 15.5 Å². The molecular weight excluding hydrogens is 278 g/mol. The van der Waals surface area contributed by atoms with Gasteiger partial charge in [-0.3, -0.25) is 9.59 Å². The van der Waals surface area contributed by atoms with Gasteiger partial charge in [0.1, 0.15) is 0 Å². The third-order valence-electron chi connectivity index (χ3n) is 3.27. The maximum absolute atomic E-state index is 12.4. The average molecular weight is 297 g/mol. The van der Waals surface area contributed by atoms with E-state index in [1.807, 2.05) is 31.1 Å². The van der Waals surface area contributed by atoms with E-state index in [9.17, 15) is 9.59 Å². The van der Waals surface area contributed by atoms with Crippen LogP contribution in [0.1, 0.15) is 20.7 Å². The summed E-state index contributed by atoms with van der Waals surface area (Å²) >= 11 is 0. The van der Waals surface area contributed by atoms with Crippen molar-refractivity contribution in [1.82, 2.24) is 5.32 Å². The SMILES string of the molecule is CNC(=O)c1ccccc1NC(=O)c1cccc(N(C)C)c1. The Bertz CT molecular complexity index is 696. The number of nitrogens with one attached hydrogen (secondary N) is 2. The number of carbonyl (C=O) groups excluding carboxylic acids is 2. The molecule has 22 heavy (non-hydrogen) atoms. The van der Waals surface area contributed by atoms with Gasteiger partial charge in [-0.15, -0.1) is 0 Å². The summed E-state index contributed by atoms with van der Waals surface area (Å²) in [7, 11) is 5.39. The summed E-state index contributed by atoms with van der Waals surface area (Å²) in [4.78, 5) is 26.1. The second kappa shape index (κ2) is 6.76. The van der Waals surface area contributed by atoms with Crippen LogP contribution in [0.15, 0.2) is 48.5 Å². The van der Waals surface area contributed by atoms with E-state index in [4.69, 9.17) is 0 Å². The van der Waals surface area contributed by atoms with Crippen molar-refractivity contribution in [2.75, 3.05) is 31.4 Å². The van der Waals surface area contributed by atoms with Crippen molar-refractivity contribution >= 4 is 23.2 Å². The lowest BCUT2D eigenvalue weighted by Crippen LogP contribution is -2.21. The minimum absolute atomic E-state index is 0.238. The number of anilines is 2. The molecule has 0 saturated heterocycles. The molecule has 0 atom stereocenters. The Balaban J connectivity index is 2.26. The van der Waals surface area contributed by atoms with E-state index in [0.29, 0.717) is 16.8 Å². The molecule has 0 saturated carbocycles. The van der Waals surface area contributed by atoms with Gasteiger partial charge >= 0.3 is 0 Å². The van der Waals surface area contributed by atoms with Crippen molar-refractivity contribution in [3.8, 4) is 0 Å². The summed E-state index contributed by atoms with van der Waals surface area (Å²) in [5.74, 6) is -0.488. The van der Waals surface area contributed by atoms with Gasteiger partial charge in [0, 0.05) is 32.4 Å².